The summed E-state index contributed by atoms with van der Waals surface area (Å²) in [6.07, 6.45) is -4.15. The van der Waals surface area contributed by atoms with Gasteiger partial charge in [0.2, 0.25) is 0 Å². The molecule has 33 heteroatoms. The van der Waals surface area contributed by atoms with Crippen LogP contribution in [0.5, 0.6) is 11.5 Å². The van der Waals surface area contributed by atoms with Crippen molar-refractivity contribution in [3.63, 3.8) is 0 Å². The molecule has 2 saturated carbocycles. The van der Waals surface area contributed by atoms with Gasteiger partial charge < -0.3 is 97.7 Å². The quantitative estimate of drug-likeness (QED) is 0.0253. The van der Waals surface area contributed by atoms with Crippen LogP contribution in [0.4, 0.5) is 4.79 Å². The van der Waals surface area contributed by atoms with Crippen molar-refractivity contribution in [3.8, 4) is 34.3 Å². The predicted octanol–water partition coefficient (Wildman–Crippen LogP) is 9.67. The van der Waals surface area contributed by atoms with Gasteiger partial charge in [0.1, 0.15) is 48.6 Å². The Bertz CT molecular complexity index is 6500. The Labute approximate surface area is 783 Å². The Morgan fingerprint density at radius 2 is 1.23 bits per heavy atom. The summed E-state index contributed by atoms with van der Waals surface area (Å²) in [5.74, 6) is -7.64. The fourth-order valence-electron chi connectivity index (χ4n) is 22.2. The normalized spacial score (nSPS) is 25.9. The third-order valence-corrected chi connectivity index (χ3v) is 29.7. The van der Waals surface area contributed by atoms with Crippen LogP contribution in [0.1, 0.15) is 197 Å². The minimum atomic E-state index is -2.39. The van der Waals surface area contributed by atoms with Crippen molar-refractivity contribution in [2.45, 2.75) is 230 Å². The molecule has 0 spiro atoms. The number of hydrogen-bond donors (Lipinski definition) is 7. The number of benzene rings is 5. The number of ether oxygens (including phenoxy) is 8. The molecule has 9 aromatic rings. The number of piperidine rings is 2. The molecule has 5 aromatic carbocycles. The van der Waals surface area contributed by atoms with E-state index in [9.17, 15) is 78.6 Å². The van der Waals surface area contributed by atoms with Crippen LogP contribution < -0.4 is 21.2 Å². The molecule has 3 saturated heterocycles. The van der Waals surface area contributed by atoms with E-state index in [0.717, 1.165) is 65.2 Å². The average Bonchev–Trinajstić information content (AvgIpc) is 1.15. The topological polar surface area (TPSA) is 440 Å². The third-order valence-electron chi connectivity index (χ3n) is 29.7. The summed E-state index contributed by atoms with van der Waals surface area (Å²) in [6, 6.07) is 37.8. The van der Waals surface area contributed by atoms with Crippen molar-refractivity contribution >= 4 is 75.4 Å². The number of phenolic OH excluding ortho intramolecular Hbond substituents is 1. The first-order valence-corrected chi connectivity index (χ1v) is 46.3. The number of aliphatic hydroxyl groups is 5. The number of carbonyl (C=O) groups excluding carboxylic acids is 9. The fraction of sp³-hybridized carbons (Fsp3) is 0.447. The summed E-state index contributed by atoms with van der Waals surface area (Å²) in [5, 5.41) is 74.4. The van der Waals surface area contributed by atoms with Crippen molar-refractivity contribution in [1.29, 1.82) is 0 Å². The van der Waals surface area contributed by atoms with Crippen LogP contribution in [-0.2, 0) is 112 Å². The number of pyridine rings is 4. The lowest BCUT2D eigenvalue weighted by Crippen LogP contribution is -2.82. The third kappa shape index (κ3) is 16.3. The zero-order chi connectivity index (χ0) is 96.9. The maximum Gasteiger partial charge on any atom is 0.415 e. The van der Waals surface area contributed by atoms with Crippen molar-refractivity contribution < 1.29 is 112 Å². The van der Waals surface area contributed by atoms with E-state index in [0.29, 0.717) is 107 Å². The van der Waals surface area contributed by atoms with E-state index in [1.807, 2.05) is 42.1 Å². The van der Waals surface area contributed by atoms with Gasteiger partial charge in [-0.3, -0.25) is 28.8 Å². The van der Waals surface area contributed by atoms with E-state index in [-0.39, 0.29) is 84.3 Å². The number of phenols is 1. The number of Topliss-reactive ketones (excluding diaryl/α,β-unsaturated/α-hetero) is 1. The first-order valence-electron chi connectivity index (χ1n) is 46.3. The average molecular weight is 1860 g/mol. The Morgan fingerprint density at radius 1 is 0.654 bits per heavy atom. The number of esters is 6. The summed E-state index contributed by atoms with van der Waals surface area (Å²) in [6.45, 7) is 18.0. The number of rotatable bonds is 17. The molecule has 5 fully saturated rings. The Hall–Kier alpha value is -12.7. The second kappa shape index (κ2) is 36.7. The highest BCUT2D eigenvalue weighted by Crippen LogP contribution is 2.65. The number of aromatic hydroxyl groups is 1. The van der Waals surface area contributed by atoms with E-state index in [2.05, 4.69) is 17.1 Å². The molecule has 11 heterocycles. The Balaban J connectivity index is 0.000000150. The first-order chi connectivity index (χ1) is 64.8. The lowest BCUT2D eigenvalue weighted by molar-refractivity contribution is -0.346. The number of amides is 2. The predicted molar refractivity (Wildman–Crippen MR) is 491 cm³/mol. The summed E-state index contributed by atoms with van der Waals surface area (Å²) in [7, 11) is 3.86. The molecule has 33 nitrogen and oxygen atoms in total. The number of ketones is 1. The highest BCUT2D eigenvalue weighted by molar-refractivity contribution is 5.98. The highest BCUT2D eigenvalue weighted by atomic mass is 16.6. The van der Waals surface area contributed by atoms with Gasteiger partial charge in [0.15, 0.2) is 34.8 Å². The monoisotopic (exact) mass is 1860 g/mol. The van der Waals surface area contributed by atoms with Gasteiger partial charge in [0.05, 0.1) is 93.7 Å². The Kier molecular flexibility index (Phi) is 25.7. The van der Waals surface area contributed by atoms with Crippen LogP contribution in [-0.4, -0.2) is 219 Å². The van der Waals surface area contributed by atoms with Gasteiger partial charge in [0, 0.05) is 102 Å². The van der Waals surface area contributed by atoms with Crippen LogP contribution in [0.2, 0.25) is 0 Å². The number of carbonyl (C=O) groups is 9. The van der Waals surface area contributed by atoms with Gasteiger partial charge in [0.25, 0.3) is 17.0 Å². The van der Waals surface area contributed by atoms with E-state index in [1.165, 1.54) is 58.3 Å². The van der Waals surface area contributed by atoms with Gasteiger partial charge in [-0.05, 0) is 181 Å². The number of hydrogen-bond acceptors (Lipinski definition) is 29. The first kappa shape index (κ1) is 95.0. The summed E-state index contributed by atoms with van der Waals surface area (Å²) in [4.78, 5) is 164. The zero-order valence-corrected chi connectivity index (χ0v) is 77.7. The molecule has 19 rings (SSSR count). The van der Waals surface area contributed by atoms with Gasteiger partial charge in [-0.1, -0.05) is 108 Å². The molecule has 4 aromatic heterocycles. The van der Waals surface area contributed by atoms with E-state index in [4.69, 9.17) is 47.9 Å². The van der Waals surface area contributed by atoms with Gasteiger partial charge in [-0.15, -0.1) is 0 Å². The van der Waals surface area contributed by atoms with Crippen LogP contribution in [0.15, 0.2) is 160 Å². The van der Waals surface area contributed by atoms with E-state index < -0.39 is 136 Å². The molecule has 7 aliphatic heterocycles. The number of aromatic nitrogens is 4. The van der Waals surface area contributed by atoms with Gasteiger partial charge in [-0.25, -0.2) is 33.9 Å². The number of fused-ring (bicyclic) bond motifs is 15. The van der Waals surface area contributed by atoms with Crippen molar-refractivity contribution in [2.24, 2.45) is 16.7 Å². The van der Waals surface area contributed by atoms with E-state index in [1.54, 1.807) is 146 Å². The molecule has 0 unspecified atom stereocenters. The molecule has 2 bridgehead atoms. The van der Waals surface area contributed by atoms with Crippen molar-refractivity contribution in [2.75, 3.05) is 46.9 Å². The molecule has 3 aliphatic carbocycles. The smallest absolute Gasteiger partial charge is 0.415 e. The SMILES string of the molecule is CC(=O)O[C@H]1C(=O)[C@@]2(C)[C@H]([C@H](OC(=O)c3ccccc3)[C@]3(O)C[C@H](OC(=O)[C@H](O)[C@@H](NC(=O)c4ccccc4)c4ccccc4)C(C)=C1C3(C)C)[C@]1(OC(C)=O)CO[C@@H]1C[C@@H]2O.CC[C@@]1(O)C(=O)OCc2c1cc1n(c2=O)Cc2cc3c(CN(C)C)c(O)ccc3nc2-1.CCc1c2c(nc3ccc(OC(=O)N4CCC(N5CCCCC5)CC4)cc13)-c1cc3c(c(=O)n1C2)COC(=O)[C@]3(O)CC. The number of nitrogens with zero attached hydrogens (tertiary/aromatic N) is 7. The van der Waals surface area contributed by atoms with Crippen LogP contribution in [0.3, 0.4) is 0 Å². The lowest BCUT2D eigenvalue weighted by atomic mass is 9.44. The van der Waals surface area contributed by atoms with Crippen molar-refractivity contribution in [1.82, 2.24) is 39.1 Å². The lowest BCUT2D eigenvalue weighted by Gasteiger charge is -2.67. The molecule has 13 atom stereocenters. The molecule has 714 valence electrons. The summed E-state index contributed by atoms with van der Waals surface area (Å²) < 4.78 is 49.7. The highest BCUT2D eigenvalue weighted by Gasteiger charge is 2.79. The van der Waals surface area contributed by atoms with E-state index >= 15 is 4.79 Å². The van der Waals surface area contributed by atoms with Gasteiger partial charge in [-0.2, -0.15) is 0 Å². The molecule has 0 radical (unpaired) electrons. The maximum atomic E-state index is 15.5. The minimum absolute atomic E-state index is 0.00289. The number of cyclic esters (lactones) is 2. The Morgan fingerprint density at radius 3 is 1.80 bits per heavy atom. The maximum absolute atomic E-state index is 15.5. The minimum Gasteiger partial charge on any atom is -0.508 e. The molecule has 10 aliphatic rings. The molecule has 2 amide bonds. The number of aliphatic hydroxyl groups excluding tert-OH is 2. The largest absolute Gasteiger partial charge is 0.508 e. The second-order valence-electron chi connectivity index (χ2n) is 38.1. The number of aryl methyl sites for hydroxylation is 1. The standard InChI is InChI=1S/C47H51NO14.C33H38N4O6.C23H23N3O5/c1-25-31(60-43(56)36(52)35(28-16-10-7-11-17-28)48-41(54)29-18-12-8-13-19-29)23-47(57)40(61-42(55)30-20-14-9-15-21-30)38-45(6,32(51)22-33-46(38,24-58-33)62-27(3)50)39(53)37(59-26(2)49)34(25)44(47,4)5;1-3-22-23-16-21(43-32(40)36-14-10-20(11-15-36)35-12-6-5-7-13-35)8-9-27(23)34-29-24(22)18-37-28(29)17-26-25(30(37)38)19-42-31(39)33(26,41)4-2;1-4-23(30)16-8-18-20-12(9-26(18)21(28)15(16)11-31-22(23)29)7-13-14(10-25(2)3)19(27)6-5-17(13)24-20/h7-21,31-33,35-38,40,51-52,57H,22-24H2,1-6H3,(H,48,54);8-9,16-17,20,41H,3-7,10-15,18-19H2,1-2H3;5-8,27,30H,4,9-11H2,1-3H3/t31-,32-,33+,35-,36+,37+,38-,40-,45+,46-,47+;33-;23-/m000/s1. The molecule has 7 N–H and O–H groups in total. The summed E-state index contributed by atoms with van der Waals surface area (Å²) >= 11 is 0. The van der Waals surface area contributed by atoms with Crippen LogP contribution >= 0.6 is 0 Å². The van der Waals surface area contributed by atoms with Crippen LogP contribution in [0, 0.1) is 16.7 Å². The summed E-state index contributed by atoms with van der Waals surface area (Å²) in [5.41, 5.74) is -2.60. The number of likely N-dealkylation sites (tertiary alicyclic amines) is 2. The number of nitrogens with one attached hydrogen (secondary N) is 1. The second-order valence-corrected chi connectivity index (χ2v) is 38.1. The molecular formula is C103H112N8O25. The molecular weight excluding hydrogens is 1750 g/mol. The zero-order valence-electron chi connectivity index (χ0n) is 77.7. The van der Waals surface area contributed by atoms with Crippen LogP contribution in [0.25, 0.3) is 44.6 Å². The van der Waals surface area contributed by atoms with Gasteiger partial charge >= 0.3 is 41.9 Å². The van der Waals surface area contributed by atoms with Crippen molar-refractivity contribution in [3.05, 3.63) is 233 Å². The molecule has 136 heavy (non-hydrogen) atoms. The fourth-order valence-corrected chi connectivity index (χ4v) is 22.2.